The molecule has 6 rings (SSSR count). The van der Waals surface area contributed by atoms with Gasteiger partial charge >= 0.3 is 0 Å². The summed E-state index contributed by atoms with van der Waals surface area (Å²) in [7, 11) is 2.15. The Kier molecular flexibility index (Phi) is 5.46. The van der Waals surface area contributed by atoms with Crippen molar-refractivity contribution in [1.82, 2.24) is 34.0 Å². The third kappa shape index (κ3) is 4.26. The number of pyridine rings is 1. The van der Waals surface area contributed by atoms with Crippen molar-refractivity contribution >= 4 is 17.3 Å². The van der Waals surface area contributed by atoms with Crippen LogP contribution in [0.15, 0.2) is 73.3 Å². The van der Waals surface area contributed by atoms with Gasteiger partial charge in [0, 0.05) is 24.2 Å². The zero-order chi connectivity index (χ0) is 23.8. The zero-order valence-electron chi connectivity index (χ0n) is 19.3. The van der Waals surface area contributed by atoms with E-state index in [-0.39, 0.29) is 5.82 Å². The van der Waals surface area contributed by atoms with E-state index in [9.17, 15) is 4.39 Å². The average Bonchev–Trinajstić information content (AvgIpc) is 3.50. The lowest BCUT2D eigenvalue weighted by molar-refractivity contribution is 0.212. The van der Waals surface area contributed by atoms with E-state index >= 15 is 0 Å². The summed E-state index contributed by atoms with van der Waals surface area (Å²) in [4.78, 5) is 16.4. The molecule has 0 amide bonds. The van der Waals surface area contributed by atoms with Crippen LogP contribution in [0.5, 0.6) is 0 Å². The van der Waals surface area contributed by atoms with E-state index < -0.39 is 0 Å². The van der Waals surface area contributed by atoms with Crippen LogP contribution < -0.4 is 5.32 Å². The number of benzene rings is 1. The Hall–Kier alpha value is -4.11. The number of hydrogen-bond donors (Lipinski definition) is 1. The molecule has 4 aromatic heterocycles. The van der Waals surface area contributed by atoms with Gasteiger partial charge in [-0.05, 0) is 75.4 Å². The number of aromatic nitrogens is 6. The molecule has 0 unspecified atom stereocenters. The Labute approximate surface area is 202 Å². The number of halogens is 1. The first-order valence-corrected chi connectivity index (χ1v) is 11.7. The van der Waals surface area contributed by atoms with Crippen molar-refractivity contribution in [2.24, 2.45) is 0 Å². The molecular formula is C26H25FN8. The van der Waals surface area contributed by atoms with Crippen LogP contribution >= 0.6 is 0 Å². The van der Waals surface area contributed by atoms with E-state index in [0.717, 1.165) is 54.2 Å². The minimum absolute atomic E-state index is 0.284. The summed E-state index contributed by atoms with van der Waals surface area (Å²) < 4.78 is 17.6. The molecule has 0 bridgehead atoms. The molecule has 1 aliphatic rings. The lowest BCUT2D eigenvalue weighted by Crippen LogP contribution is -2.31. The third-order valence-corrected chi connectivity index (χ3v) is 6.47. The number of likely N-dealkylation sites (tertiary alicyclic amines) is 1. The second-order valence-corrected chi connectivity index (χ2v) is 8.88. The fourth-order valence-electron chi connectivity index (χ4n) is 4.59. The fourth-order valence-corrected chi connectivity index (χ4v) is 4.59. The summed E-state index contributed by atoms with van der Waals surface area (Å²) in [6, 6.07) is 14.4. The van der Waals surface area contributed by atoms with E-state index in [4.69, 9.17) is 9.97 Å². The van der Waals surface area contributed by atoms with E-state index in [0.29, 0.717) is 17.7 Å². The topological polar surface area (TPSA) is 76.2 Å². The number of anilines is 2. The first kappa shape index (κ1) is 21.4. The van der Waals surface area contributed by atoms with Gasteiger partial charge in [-0.2, -0.15) is 5.10 Å². The van der Waals surface area contributed by atoms with Crippen LogP contribution in [0.25, 0.3) is 28.3 Å². The number of piperidine rings is 1. The second-order valence-electron chi connectivity index (χ2n) is 8.88. The number of rotatable bonds is 5. The molecule has 176 valence electrons. The molecule has 1 aromatic carbocycles. The Morgan fingerprint density at radius 3 is 2.66 bits per heavy atom. The predicted molar refractivity (Wildman–Crippen MR) is 133 cm³/mol. The molecule has 0 spiro atoms. The van der Waals surface area contributed by atoms with Gasteiger partial charge in [0.25, 0.3) is 0 Å². The van der Waals surface area contributed by atoms with Gasteiger partial charge in [0.15, 0.2) is 0 Å². The molecule has 0 atom stereocenters. The summed E-state index contributed by atoms with van der Waals surface area (Å²) in [5, 5.41) is 7.86. The maximum Gasteiger partial charge on any atom is 0.227 e. The number of imidazole rings is 1. The first-order chi connectivity index (χ1) is 17.1. The predicted octanol–water partition coefficient (Wildman–Crippen LogP) is 4.80. The molecule has 0 saturated carbocycles. The van der Waals surface area contributed by atoms with Crippen LogP contribution in [0.3, 0.4) is 0 Å². The van der Waals surface area contributed by atoms with Gasteiger partial charge in [-0.15, -0.1) is 0 Å². The molecule has 1 fully saturated rings. The molecule has 1 N–H and O–H groups in total. The highest BCUT2D eigenvalue weighted by Gasteiger charge is 2.20. The van der Waals surface area contributed by atoms with E-state index in [2.05, 4.69) is 27.3 Å². The molecule has 8 nitrogen and oxygen atoms in total. The highest BCUT2D eigenvalue weighted by molar-refractivity contribution is 5.80. The smallest absolute Gasteiger partial charge is 0.227 e. The Morgan fingerprint density at radius 2 is 1.83 bits per heavy atom. The highest BCUT2D eigenvalue weighted by Crippen LogP contribution is 2.32. The van der Waals surface area contributed by atoms with Crippen LogP contribution in [-0.2, 0) is 0 Å². The first-order valence-electron chi connectivity index (χ1n) is 11.7. The molecule has 1 aliphatic heterocycles. The van der Waals surface area contributed by atoms with E-state index in [1.54, 1.807) is 18.3 Å². The van der Waals surface area contributed by atoms with Gasteiger partial charge in [-0.25, -0.2) is 19.3 Å². The zero-order valence-corrected chi connectivity index (χ0v) is 19.3. The van der Waals surface area contributed by atoms with Crippen molar-refractivity contribution in [2.45, 2.75) is 18.9 Å². The fraction of sp³-hybridized carbons (Fsp3) is 0.231. The largest absolute Gasteiger partial charge is 0.321 e. The summed E-state index contributed by atoms with van der Waals surface area (Å²) in [5.74, 6) is 0.190. The van der Waals surface area contributed by atoms with Crippen molar-refractivity contribution in [3.8, 4) is 22.6 Å². The van der Waals surface area contributed by atoms with Gasteiger partial charge in [0.2, 0.25) is 5.95 Å². The number of nitrogens with zero attached hydrogens (tertiary/aromatic N) is 7. The summed E-state index contributed by atoms with van der Waals surface area (Å²) in [5.41, 5.74) is 4.71. The molecule has 9 heteroatoms. The van der Waals surface area contributed by atoms with Crippen LogP contribution in [0.2, 0.25) is 0 Å². The number of fused-ring (bicyclic) bond motifs is 1. The molecule has 0 radical (unpaired) electrons. The maximum atomic E-state index is 13.6. The summed E-state index contributed by atoms with van der Waals surface area (Å²) in [6.07, 6.45) is 9.68. The Morgan fingerprint density at radius 1 is 1.00 bits per heavy atom. The quantitative estimate of drug-likeness (QED) is 0.399. The molecule has 5 aromatic rings. The Bertz CT molecular complexity index is 1460. The van der Waals surface area contributed by atoms with Gasteiger partial charge in [0.05, 0.1) is 35.0 Å². The number of nitrogens with one attached hydrogen (secondary N) is 1. The lowest BCUT2D eigenvalue weighted by atomic mass is 10.1. The van der Waals surface area contributed by atoms with Crippen molar-refractivity contribution in [1.29, 1.82) is 0 Å². The van der Waals surface area contributed by atoms with Crippen LogP contribution in [0.4, 0.5) is 16.0 Å². The van der Waals surface area contributed by atoms with Crippen molar-refractivity contribution in [3.05, 3.63) is 79.1 Å². The monoisotopic (exact) mass is 468 g/mol. The van der Waals surface area contributed by atoms with Crippen molar-refractivity contribution < 1.29 is 4.39 Å². The van der Waals surface area contributed by atoms with Gasteiger partial charge in [-0.1, -0.05) is 6.07 Å². The van der Waals surface area contributed by atoms with Gasteiger partial charge < -0.3 is 10.2 Å². The number of hydrogen-bond acceptors (Lipinski definition) is 6. The van der Waals surface area contributed by atoms with Gasteiger partial charge in [-0.3, -0.25) is 9.08 Å². The van der Waals surface area contributed by atoms with E-state index in [1.807, 2.05) is 51.9 Å². The second kappa shape index (κ2) is 8.92. The molecular weight excluding hydrogens is 443 g/mol. The maximum absolute atomic E-state index is 13.6. The molecule has 35 heavy (non-hydrogen) atoms. The summed E-state index contributed by atoms with van der Waals surface area (Å²) in [6.45, 7) is 2.16. The van der Waals surface area contributed by atoms with Crippen molar-refractivity contribution in [2.75, 3.05) is 25.5 Å². The molecule has 0 aliphatic carbocycles. The lowest BCUT2D eigenvalue weighted by Gasteiger charge is -2.28. The Balaban J connectivity index is 1.33. The van der Waals surface area contributed by atoms with Crippen molar-refractivity contribution in [3.63, 3.8) is 0 Å². The molecule has 1 saturated heterocycles. The minimum Gasteiger partial charge on any atom is -0.321 e. The molecule has 5 heterocycles. The highest BCUT2D eigenvalue weighted by atomic mass is 19.1. The third-order valence-electron chi connectivity index (χ3n) is 6.47. The van der Waals surface area contributed by atoms with Crippen LogP contribution in [0.1, 0.15) is 18.9 Å². The van der Waals surface area contributed by atoms with Crippen LogP contribution in [-0.4, -0.2) is 54.2 Å². The standard InChI is InChI=1S/C26H25FN8/c1-33-14-10-21(11-15-33)35-17-20(16-29-35)30-26-28-12-9-22(31-26)25-24(18-5-7-19(27)8-6-18)32-23-4-2-3-13-34(23)25/h2-9,12-13,16-17,21H,10-11,14-15H2,1H3,(H,28,30,31). The SMILES string of the molecule is CN1CCC(n2cc(Nc3nccc(-c4c(-c5ccc(F)cc5)nc5ccccn45)n3)cn2)CC1. The normalized spacial score (nSPS) is 15.0. The average molecular weight is 469 g/mol. The summed E-state index contributed by atoms with van der Waals surface area (Å²) >= 11 is 0. The minimum atomic E-state index is -0.284. The van der Waals surface area contributed by atoms with E-state index in [1.165, 1.54) is 12.1 Å². The van der Waals surface area contributed by atoms with Gasteiger partial charge in [0.1, 0.15) is 11.5 Å². The van der Waals surface area contributed by atoms with Crippen LogP contribution in [0, 0.1) is 5.82 Å².